The van der Waals surface area contributed by atoms with Crippen molar-refractivity contribution in [2.24, 2.45) is 17.8 Å². The van der Waals surface area contributed by atoms with Crippen molar-refractivity contribution >= 4 is 11.9 Å². The Morgan fingerprint density at radius 2 is 1.25 bits per heavy atom. The summed E-state index contributed by atoms with van der Waals surface area (Å²) in [7, 11) is 0. The van der Waals surface area contributed by atoms with Gasteiger partial charge in [-0.1, -0.05) is 106 Å². The Bertz CT molecular complexity index is 2190. The van der Waals surface area contributed by atoms with E-state index in [-0.39, 0.29) is 31.6 Å². The number of rotatable bonds is 7. The van der Waals surface area contributed by atoms with Crippen LogP contribution in [0.4, 0.5) is 0 Å². The summed E-state index contributed by atoms with van der Waals surface area (Å²) in [5.74, 6) is -8.11. The van der Waals surface area contributed by atoms with E-state index in [1.165, 1.54) is 6.92 Å². The van der Waals surface area contributed by atoms with Gasteiger partial charge in [-0.3, -0.25) is 9.59 Å². The molecule has 0 aliphatic carbocycles. The van der Waals surface area contributed by atoms with E-state index in [4.69, 9.17) is 23.7 Å². The van der Waals surface area contributed by atoms with Crippen molar-refractivity contribution in [1.82, 2.24) is 15.1 Å². The van der Waals surface area contributed by atoms with Gasteiger partial charge in [-0.15, -0.1) is 0 Å². The molecule has 0 spiro atoms. The van der Waals surface area contributed by atoms with Gasteiger partial charge in [-0.05, 0) is 39.7 Å². The molecule has 0 aromatic carbocycles. The minimum atomic E-state index is -2.46. The number of fused-ring (bicyclic) bond motifs is 2. The summed E-state index contributed by atoms with van der Waals surface area (Å²) >= 11 is 0. The summed E-state index contributed by atoms with van der Waals surface area (Å²) < 4.78 is 29.6. The lowest BCUT2D eigenvalue weighted by Crippen LogP contribution is -2.69. The van der Waals surface area contributed by atoms with Crippen LogP contribution in [0.25, 0.3) is 0 Å². The number of carbonyl (C=O) groups is 2. The number of nitrogens with zero attached hydrogens (tertiary/aromatic N) is 2. The first-order chi connectivity index (χ1) is 39.3. The van der Waals surface area contributed by atoms with Crippen LogP contribution in [0.15, 0.2) is 85.1 Å². The highest BCUT2D eigenvalue weighted by atomic mass is 16.7. The van der Waals surface area contributed by atoms with E-state index in [0.29, 0.717) is 26.2 Å². The number of carbonyl (C=O) groups excluding carboxylic acids is 2. The first kappa shape index (κ1) is 70.1. The van der Waals surface area contributed by atoms with Crippen LogP contribution in [0, 0.1) is 17.8 Å². The van der Waals surface area contributed by atoms with Crippen LogP contribution in [0.3, 0.4) is 0 Å². The van der Waals surface area contributed by atoms with E-state index in [9.17, 15) is 81.1 Å². The molecule has 83 heavy (non-hydrogen) atoms. The Hall–Kier alpha value is -3.68. The third-order valence-electron chi connectivity index (χ3n) is 16.4. The molecule has 0 aromatic rings. The molecule has 15 N–H and O–H groups in total. The first-order valence-electron chi connectivity index (χ1n) is 29.1. The van der Waals surface area contributed by atoms with Gasteiger partial charge >= 0.3 is 5.97 Å². The lowest BCUT2D eigenvalue weighted by Gasteiger charge is -2.48. The standard InChI is InChI=1S/C59H95N3O21/c1-6-61-23-25-62(26-24-61)56(76)49-45(68)32-58(77)31-41(65)28-44(67)43(66)22-21-39(63)27-40(64)29-48(70)80-37(4)36(3)51(71)35(2)19-17-15-13-11-9-7-8-10-12-14-16-18-20-42(30-47(49)83-58)82-57-54(74)50(52(72)38(5)81-57)60-34-59(78)55(75)53(73)46(69)33-79-59/h7-20,35-47,49-55,57,60,63-69,71-75,77-78H,6,21-34H2,1-5H3/b8-7+,11-9+,12-10+,15-13+,16-14+,19-17+,20-18+/t35-,36-,37-,38+,39+,40+,41-,42-,43+,44+,45-,46+,47?,49?,50-,51+,52+,53+,54-,55-,57?,58+,59+/m0/s1. The van der Waals surface area contributed by atoms with Crippen LogP contribution in [-0.2, 0) is 33.3 Å². The molecule has 472 valence electrons. The van der Waals surface area contributed by atoms with Gasteiger partial charge in [0.25, 0.3) is 0 Å². The van der Waals surface area contributed by atoms with Gasteiger partial charge < -0.3 is 110 Å². The first-order valence-corrected chi connectivity index (χ1v) is 29.1. The van der Waals surface area contributed by atoms with Crippen molar-refractivity contribution in [3.8, 4) is 0 Å². The molecule has 5 aliphatic heterocycles. The van der Waals surface area contributed by atoms with E-state index in [1.807, 2.05) is 19.9 Å². The zero-order chi connectivity index (χ0) is 61.2. The molecule has 1 amide bonds. The van der Waals surface area contributed by atoms with Crippen molar-refractivity contribution in [2.45, 2.75) is 208 Å². The molecule has 0 radical (unpaired) electrons. The maximum absolute atomic E-state index is 14.6. The number of ether oxygens (including phenoxy) is 5. The smallest absolute Gasteiger partial charge is 0.308 e. The number of aliphatic hydroxyl groups excluding tert-OH is 12. The molecule has 2 bridgehead atoms. The van der Waals surface area contributed by atoms with Gasteiger partial charge in [0.05, 0.1) is 98.7 Å². The van der Waals surface area contributed by atoms with Crippen molar-refractivity contribution in [2.75, 3.05) is 45.9 Å². The zero-order valence-electron chi connectivity index (χ0n) is 48.3. The van der Waals surface area contributed by atoms with Crippen molar-refractivity contribution in [3.05, 3.63) is 85.1 Å². The molecule has 24 heteroatoms. The van der Waals surface area contributed by atoms with Gasteiger partial charge in [-0.25, -0.2) is 0 Å². The number of allylic oxidation sites excluding steroid dienone is 12. The van der Waals surface area contributed by atoms with Crippen molar-refractivity contribution < 1.29 is 105 Å². The third kappa shape index (κ3) is 21.0. The molecule has 3 unspecified atom stereocenters. The maximum atomic E-state index is 14.6. The fourth-order valence-corrected chi connectivity index (χ4v) is 11.0. The summed E-state index contributed by atoms with van der Waals surface area (Å²) in [5.41, 5.74) is 0. The number of hydrogen-bond acceptors (Lipinski definition) is 23. The van der Waals surface area contributed by atoms with E-state index >= 15 is 0 Å². The lowest BCUT2D eigenvalue weighted by molar-refractivity contribution is -0.323. The fraction of sp³-hybridized carbons (Fsp3) is 0.729. The zero-order valence-corrected chi connectivity index (χ0v) is 48.3. The largest absolute Gasteiger partial charge is 0.462 e. The molecule has 0 aromatic heterocycles. The maximum Gasteiger partial charge on any atom is 0.308 e. The van der Waals surface area contributed by atoms with Gasteiger partial charge in [0.1, 0.15) is 30.5 Å². The SMILES string of the molecule is CCN1CCN(C(=O)C2C3C[C@@H](OC4O[C@H](C)[C@@H](O)[C@H](NC[C@@]5(O)OC[C@@H](O)[C@@H](O)[C@@H]5O)[C@@H]4O)/C=C/C=C/C=C/C=C/C=C/C=C/C=C/[C@H](C)[C@@H](O)[C@@H](C)[C@H](C)OC(=O)C[C@H](O)C[C@H](O)CC[C@@H](O)[C@H](O)C[C@H](O)C[C@](O)(C[C@@H]2O)O3)CC1. The van der Waals surface area contributed by atoms with Gasteiger partial charge in [-0.2, -0.15) is 0 Å². The lowest BCUT2D eigenvalue weighted by atomic mass is 9.81. The Balaban J connectivity index is 1.44. The van der Waals surface area contributed by atoms with Crippen LogP contribution >= 0.6 is 0 Å². The van der Waals surface area contributed by atoms with Crippen LogP contribution in [-0.4, -0.2) is 261 Å². The van der Waals surface area contributed by atoms with E-state index in [2.05, 4.69) is 10.2 Å². The predicted octanol–water partition coefficient (Wildman–Crippen LogP) is -1.78. The van der Waals surface area contributed by atoms with E-state index in [0.717, 1.165) is 6.54 Å². The second-order valence-electron chi connectivity index (χ2n) is 23.0. The summed E-state index contributed by atoms with van der Waals surface area (Å²) in [6.07, 6.45) is -2.61. The van der Waals surface area contributed by atoms with E-state index in [1.54, 1.807) is 97.7 Å². The van der Waals surface area contributed by atoms with E-state index < -0.39 is 184 Å². The Labute approximate surface area is 486 Å². The Morgan fingerprint density at radius 3 is 1.87 bits per heavy atom. The van der Waals surface area contributed by atoms with Gasteiger partial charge in [0.2, 0.25) is 11.7 Å². The molecule has 0 saturated carbocycles. The normalized spacial score (nSPS) is 45.2. The fourth-order valence-electron chi connectivity index (χ4n) is 11.0. The molecule has 5 heterocycles. The number of nitrogens with one attached hydrogen (secondary N) is 1. The van der Waals surface area contributed by atoms with Crippen LogP contribution in [0.2, 0.25) is 0 Å². The summed E-state index contributed by atoms with van der Waals surface area (Å²) in [4.78, 5) is 31.1. The average molecular weight is 1180 g/mol. The molecular weight excluding hydrogens is 1090 g/mol. The highest BCUT2D eigenvalue weighted by Crippen LogP contribution is 2.39. The second kappa shape index (κ2) is 33.4. The molecule has 5 rings (SSSR count). The van der Waals surface area contributed by atoms with Crippen molar-refractivity contribution in [1.29, 1.82) is 0 Å². The third-order valence-corrected chi connectivity index (χ3v) is 16.4. The highest BCUT2D eigenvalue weighted by Gasteiger charge is 2.53. The topological polar surface area (TPSA) is 382 Å². The Kier molecular flexibility index (Phi) is 28.2. The van der Waals surface area contributed by atoms with Crippen LogP contribution in [0.5, 0.6) is 0 Å². The summed E-state index contributed by atoms with van der Waals surface area (Å²) in [6, 6.07) is -1.34. The molecule has 4 saturated heterocycles. The molecule has 24 nitrogen and oxygen atoms in total. The number of likely N-dealkylation sites (N-methyl/N-ethyl adjacent to an activating group) is 1. The van der Waals surface area contributed by atoms with Crippen LogP contribution < -0.4 is 5.32 Å². The molecular formula is C59H95N3O21. The number of piperazine rings is 1. The highest BCUT2D eigenvalue weighted by molar-refractivity contribution is 5.80. The Morgan fingerprint density at radius 1 is 0.651 bits per heavy atom. The minimum Gasteiger partial charge on any atom is -0.462 e. The average Bonchev–Trinajstić information content (AvgIpc) is 3.06. The van der Waals surface area contributed by atoms with Gasteiger partial charge in [0.15, 0.2) is 12.1 Å². The van der Waals surface area contributed by atoms with Crippen LogP contribution in [0.1, 0.15) is 86.0 Å². The van der Waals surface area contributed by atoms with Gasteiger partial charge in [0, 0.05) is 63.7 Å². The number of cyclic esters (lactones) is 1. The summed E-state index contributed by atoms with van der Waals surface area (Å²) in [5, 5.41) is 158. The minimum absolute atomic E-state index is 0.124. The monoisotopic (exact) mass is 1180 g/mol. The number of aliphatic hydroxyl groups is 14. The second-order valence-corrected chi connectivity index (χ2v) is 23.0. The number of esters is 1. The summed E-state index contributed by atoms with van der Waals surface area (Å²) in [6.45, 7) is 10.0. The van der Waals surface area contributed by atoms with Crippen molar-refractivity contribution in [3.63, 3.8) is 0 Å². The quantitative estimate of drug-likeness (QED) is 0.125. The number of hydrogen-bond donors (Lipinski definition) is 15. The predicted molar refractivity (Wildman–Crippen MR) is 301 cm³/mol. The number of amides is 1. The molecule has 4 fully saturated rings. The molecule has 5 aliphatic rings. The molecule has 23 atom stereocenters.